The molecule has 0 fully saturated rings. The van der Waals surface area contributed by atoms with Gasteiger partial charge in [-0.15, -0.1) is 0 Å². The zero-order chi connectivity index (χ0) is 12.3. The molecule has 2 aromatic heterocycles. The largest absolute Gasteiger partial charge is 0.330 e. The van der Waals surface area contributed by atoms with Crippen molar-refractivity contribution < 1.29 is 0 Å². The minimum absolute atomic E-state index is 0.529. The van der Waals surface area contributed by atoms with Gasteiger partial charge in [0.15, 0.2) is 0 Å². The quantitative estimate of drug-likeness (QED) is 0.828. The van der Waals surface area contributed by atoms with E-state index in [1.54, 1.807) is 12.4 Å². The Kier molecular flexibility index (Phi) is 6.55. The first-order valence-corrected chi connectivity index (χ1v) is 5.56. The van der Waals surface area contributed by atoms with E-state index in [0.717, 1.165) is 17.8 Å². The highest BCUT2D eigenvalue weighted by Crippen LogP contribution is 1.91. The second-order valence-electron chi connectivity index (χ2n) is 3.38. The van der Waals surface area contributed by atoms with Crippen LogP contribution < -0.4 is 11.5 Å². The molecule has 4 N–H and O–H groups in total. The first kappa shape index (κ1) is 13.3. The Labute approximate surface area is 102 Å². The van der Waals surface area contributed by atoms with Crippen LogP contribution in [0.2, 0.25) is 0 Å². The monoisotopic (exact) mass is 230 g/mol. The standard InChI is InChI=1S/C7H10N2.C6H8N2/c8-5-4-7-3-1-2-6-9-7;7-5-6-3-1-2-4-8-6/h1-3,6H,4-5,8H2;1-4H,5,7H2. The zero-order valence-electron chi connectivity index (χ0n) is 9.79. The highest BCUT2D eigenvalue weighted by atomic mass is 14.7. The third-order valence-corrected chi connectivity index (χ3v) is 2.06. The molecule has 0 unspecified atom stereocenters. The predicted molar refractivity (Wildman–Crippen MR) is 69.1 cm³/mol. The minimum atomic E-state index is 0.529. The molecule has 0 radical (unpaired) electrons. The SMILES string of the molecule is NCCc1ccccn1.NCc1ccccn1. The molecule has 2 heterocycles. The van der Waals surface area contributed by atoms with Gasteiger partial charge < -0.3 is 11.5 Å². The van der Waals surface area contributed by atoms with E-state index in [0.29, 0.717) is 13.1 Å². The maximum atomic E-state index is 5.32. The van der Waals surface area contributed by atoms with E-state index in [4.69, 9.17) is 11.5 Å². The minimum Gasteiger partial charge on any atom is -0.330 e. The van der Waals surface area contributed by atoms with Gasteiger partial charge in [-0.1, -0.05) is 12.1 Å². The number of nitrogens with two attached hydrogens (primary N) is 2. The molecule has 0 aromatic carbocycles. The lowest BCUT2D eigenvalue weighted by Gasteiger charge is -1.92. The summed E-state index contributed by atoms with van der Waals surface area (Å²) in [6.45, 7) is 1.21. The van der Waals surface area contributed by atoms with Crippen LogP contribution in [0.3, 0.4) is 0 Å². The van der Waals surface area contributed by atoms with E-state index in [9.17, 15) is 0 Å². The maximum absolute atomic E-state index is 5.32. The molecule has 17 heavy (non-hydrogen) atoms. The molecule has 2 rings (SSSR count). The number of rotatable bonds is 3. The summed E-state index contributed by atoms with van der Waals surface area (Å²) in [6.07, 6.45) is 4.40. The smallest absolute Gasteiger partial charge is 0.0539 e. The fourth-order valence-electron chi connectivity index (χ4n) is 1.21. The molecule has 0 aliphatic heterocycles. The zero-order valence-corrected chi connectivity index (χ0v) is 9.79. The van der Waals surface area contributed by atoms with Crippen LogP contribution in [0.25, 0.3) is 0 Å². The molecule has 0 spiro atoms. The Hall–Kier alpha value is -1.78. The van der Waals surface area contributed by atoms with Crippen molar-refractivity contribution in [1.29, 1.82) is 0 Å². The lowest BCUT2D eigenvalue weighted by molar-refractivity contribution is 0.923. The number of hydrogen-bond acceptors (Lipinski definition) is 4. The molecule has 90 valence electrons. The van der Waals surface area contributed by atoms with Gasteiger partial charge in [0.2, 0.25) is 0 Å². The highest BCUT2D eigenvalue weighted by Gasteiger charge is 1.86. The van der Waals surface area contributed by atoms with Crippen LogP contribution >= 0.6 is 0 Å². The predicted octanol–water partition coefficient (Wildman–Crippen LogP) is 1.12. The van der Waals surface area contributed by atoms with Crippen molar-refractivity contribution in [2.45, 2.75) is 13.0 Å². The molecule has 0 saturated carbocycles. The fraction of sp³-hybridized carbons (Fsp3) is 0.231. The summed E-state index contributed by atoms with van der Waals surface area (Å²) >= 11 is 0. The van der Waals surface area contributed by atoms with Crippen LogP contribution in [0.15, 0.2) is 48.8 Å². The third-order valence-electron chi connectivity index (χ3n) is 2.06. The Bertz CT molecular complexity index is 389. The van der Waals surface area contributed by atoms with Crippen molar-refractivity contribution in [2.75, 3.05) is 6.54 Å². The molecule has 0 aliphatic rings. The number of hydrogen-bond donors (Lipinski definition) is 2. The molecule has 4 heteroatoms. The number of nitrogens with zero attached hydrogens (tertiary/aromatic N) is 2. The van der Waals surface area contributed by atoms with Gasteiger partial charge in [0.05, 0.1) is 5.69 Å². The van der Waals surface area contributed by atoms with Gasteiger partial charge in [-0.2, -0.15) is 0 Å². The second-order valence-corrected chi connectivity index (χ2v) is 3.38. The molecule has 2 aromatic rings. The number of pyridine rings is 2. The average molecular weight is 230 g/mol. The Morgan fingerprint density at radius 2 is 1.41 bits per heavy atom. The van der Waals surface area contributed by atoms with E-state index < -0.39 is 0 Å². The van der Waals surface area contributed by atoms with Gasteiger partial charge in [0.1, 0.15) is 0 Å². The van der Waals surface area contributed by atoms with Crippen LogP contribution in [-0.2, 0) is 13.0 Å². The third kappa shape index (κ3) is 5.75. The summed E-state index contributed by atoms with van der Waals surface area (Å²) < 4.78 is 0. The van der Waals surface area contributed by atoms with Crippen LogP contribution in [0.4, 0.5) is 0 Å². The van der Waals surface area contributed by atoms with Gasteiger partial charge in [0.25, 0.3) is 0 Å². The molecular weight excluding hydrogens is 212 g/mol. The van der Waals surface area contributed by atoms with Crippen molar-refractivity contribution in [3.8, 4) is 0 Å². The van der Waals surface area contributed by atoms with Gasteiger partial charge in [0, 0.05) is 31.1 Å². The average Bonchev–Trinajstić information content (AvgIpc) is 2.42. The van der Waals surface area contributed by atoms with E-state index in [2.05, 4.69) is 9.97 Å². The van der Waals surface area contributed by atoms with Crippen molar-refractivity contribution in [2.24, 2.45) is 11.5 Å². The Morgan fingerprint density at radius 3 is 1.76 bits per heavy atom. The topological polar surface area (TPSA) is 77.8 Å². The van der Waals surface area contributed by atoms with Crippen molar-refractivity contribution in [1.82, 2.24) is 9.97 Å². The summed E-state index contributed by atoms with van der Waals surface area (Å²) in [5, 5.41) is 0. The Morgan fingerprint density at radius 1 is 0.824 bits per heavy atom. The van der Waals surface area contributed by atoms with Crippen molar-refractivity contribution >= 4 is 0 Å². The summed E-state index contributed by atoms with van der Waals surface area (Å²) in [7, 11) is 0. The summed E-state index contributed by atoms with van der Waals surface area (Å²) in [5.74, 6) is 0. The van der Waals surface area contributed by atoms with E-state index in [-0.39, 0.29) is 0 Å². The number of aromatic nitrogens is 2. The lowest BCUT2D eigenvalue weighted by Crippen LogP contribution is -2.03. The highest BCUT2D eigenvalue weighted by molar-refractivity contribution is 5.03. The van der Waals surface area contributed by atoms with Crippen LogP contribution in [-0.4, -0.2) is 16.5 Å². The molecule has 0 atom stereocenters. The van der Waals surface area contributed by atoms with Gasteiger partial charge >= 0.3 is 0 Å². The van der Waals surface area contributed by atoms with Gasteiger partial charge in [-0.3, -0.25) is 9.97 Å². The molecular formula is C13H18N4. The maximum Gasteiger partial charge on any atom is 0.0539 e. The van der Waals surface area contributed by atoms with E-state index >= 15 is 0 Å². The summed E-state index contributed by atoms with van der Waals surface area (Å²) in [5.41, 5.74) is 12.6. The molecule has 0 aliphatic carbocycles. The first-order valence-electron chi connectivity index (χ1n) is 5.56. The van der Waals surface area contributed by atoms with Crippen molar-refractivity contribution in [3.63, 3.8) is 0 Å². The first-order chi connectivity index (χ1) is 8.36. The normalized spacial score (nSPS) is 9.29. The van der Waals surface area contributed by atoms with Gasteiger partial charge in [-0.05, 0) is 30.8 Å². The Balaban J connectivity index is 0.000000171. The molecule has 0 bridgehead atoms. The van der Waals surface area contributed by atoms with Crippen molar-refractivity contribution in [3.05, 3.63) is 60.2 Å². The molecule has 4 nitrogen and oxygen atoms in total. The van der Waals surface area contributed by atoms with Crippen LogP contribution in [0.1, 0.15) is 11.4 Å². The van der Waals surface area contributed by atoms with Crippen LogP contribution in [0, 0.1) is 0 Å². The fourth-order valence-corrected chi connectivity index (χ4v) is 1.21. The van der Waals surface area contributed by atoms with Crippen LogP contribution in [0.5, 0.6) is 0 Å². The lowest BCUT2D eigenvalue weighted by atomic mass is 10.3. The summed E-state index contributed by atoms with van der Waals surface area (Å²) in [6, 6.07) is 11.6. The van der Waals surface area contributed by atoms with E-state index in [1.807, 2.05) is 36.4 Å². The summed E-state index contributed by atoms with van der Waals surface area (Å²) in [4.78, 5) is 8.06. The van der Waals surface area contributed by atoms with Gasteiger partial charge in [-0.25, -0.2) is 0 Å². The second kappa shape index (κ2) is 8.38. The molecule has 0 saturated heterocycles. The molecule has 0 amide bonds. The van der Waals surface area contributed by atoms with E-state index in [1.165, 1.54) is 0 Å².